The van der Waals surface area contributed by atoms with E-state index >= 15 is 0 Å². The van der Waals surface area contributed by atoms with Crippen LogP contribution >= 0.6 is 0 Å². The van der Waals surface area contributed by atoms with Crippen molar-refractivity contribution in [2.24, 2.45) is 5.92 Å². The van der Waals surface area contributed by atoms with Crippen LogP contribution in [0.15, 0.2) is 12.2 Å². The molecule has 4 atom stereocenters. The molecule has 80 valence electrons. The molecule has 2 rings (SSSR count). The molecule has 0 spiro atoms. The van der Waals surface area contributed by atoms with Gasteiger partial charge >= 0.3 is 0 Å². The fourth-order valence-corrected chi connectivity index (χ4v) is 2.18. The van der Waals surface area contributed by atoms with Crippen molar-refractivity contribution in [2.75, 3.05) is 0 Å². The van der Waals surface area contributed by atoms with Gasteiger partial charge < -0.3 is 14.6 Å². The van der Waals surface area contributed by atoms with Crippen LogP contribution in [0.4, 0.5) is 0 Å². The van der Waals surface area contributed by atoms with Gasteiger partial charge in [0.05, 0.1) is 6.10 Å². The number of rotatable bonds is 0. The first kappa shape index (κ1) is 10.1. The van der Waals surface area contributed by atoms with Gasteiger partial charge in [-0.05, 0) is 20.8 Å². The first-order chi connectivity index (χ1) is 6.32. The summed E-state index contributed by atoms with van der Waals surface area (Å²) in [4.78, 5) is 0. The Kier molecular flexibility index (Phi) is 2.04. The Bertz CT molecular complexity index is 268. The molecule has 0 amide bonds. The van der Waals surface area contributed by atoms with E-state index in [0.29, 0.717) is 5.92 Å². The van der Waals surface area contributed by atoms with E-state index in [2.05, 4.69) is 6.92 Å². The standard InChI is InChI=1S/C11H18O3/c1-7-5-6-11(4,12)9-8(7)13-10(2,3)14-9/h5-9,12H,1-4H3. The SMILES string of the molecule is CC1C=CC(C)(O)C2OC(C)(C)OC12. The highest BCUT2D eigenvalue weighted by Crippen LogP contribution is 2.40. The highest BCUT2D eigenvalue weighted by atomic mass is 16.8. The summed E-state index contributed by atoms with van der Waals surface area (Å²) in [5.41, 5.74) is -0.912. The third-order valence-electron chi connectivity index (χ3n) is 2.96. The topological polar surface area (TPSA) is 38.7 Å². The average Bonchev–Trinajstić information content (AvgIpc) is 2.36. The minimum atomic E-state index is -0.912. The lowest BCUT2D eigenvalue weighted by atomic mass is 9.82. The van der Waals surface area contributed by atoms with Crippen molar-refractivity contribution >= 4 is 0 Å². The average molecular weight is 198 g/mol. The molecular formula is C11H18O3. The normalized spacial score (nSPS) is 50.5. The Hall–Kier alpha value is -0.380. The molecule has 0 aromatic heterocycles. The third kappa shape index (κ3) is 1.49. The molecule has 0 saturated carbocycles. The fourth-order valence-electron chi connectivity index (χ4n) is 2.18. The van der Waals surface area contributed by atoms with E-state index < -0.39 is 11.4 Å². The zero-order chi connectivity index (χ0) is 10.6. The molecule has 3 nitrogen and oxygen atoms in total. The Balaban J connectivity index is 2.30. The molecule has 0 aromatic carbocycles. The summed E-state index contributed by atoms with van der Waals surface area (Å²) in [5, 5.41) is 10.1. The lowest BCUT2D eigenvalue weighted by Crippen LogP contribution is -2.48. The van der Waals surface area contributed by atoms with Crippen molar-refractivity contribution in [1.82, 2.24) is 0 Å². The first-order valence-electron chi connectivity index (χ1n) is 5.09. The Morgan fingerprint density at radius 2 is 1.86 bits per heavy atom. The summed E-state index contributed by atoms with van der Waals surface area (Å²) >= 11 is 0. The lowest BCUT2D eigenvalue weighted by Gasteiger charge is -2.35. The minimum absolute atomic E-state index is 0.0370. The zero-order valence-electron chi connectivity index (χ0n) is 9.15. The van der Waals surface area contributed by atoms with Crippen LogP contribution in [0.1, 0.15) is 27.7 Å². The Morgan fingerprint density at radius 1 is 1.21 bits per heavy atom. The number of ether oxygens (including phenoxy) is 2. The van der Waals surface area contributed by atoms with Gasteiger partial charge in [0, 0.05) is 5.92 Å². The number of hydrogen-bond acceptors (Lipinski definition) is 3. The van der Waals surface area contributed by atoms with Crippen LogP contribution in [0.5, 0.6) is 0 Å². The van der Waals surface area contributed by atoms with Crippen LogP contribution in [-0.4, -0.2) is 28.7 Å². The van der Waals surface area contributed by atoms with Crippen molar-refractivity contribution in [2.45, 2.75) is 51.3 Å². The third-order valence-corrected chi connectivity index (χ3v) is 2.96. The second-order valence-electron chi connectivity index (χ2n) is 4.96. The maximum Gasteiger partial charge on any atom is 0.163 e. The smallest absolute Gasteiger partial charge is 0.163 e. The van der Waals surface area contributed by atoms with Crippen LogP contribution in [-0.2, 0) is 9.47 Å². The van der Waals surface area contributed by atoms with Gasteiger partial charge in [-0.2, -0.15) is 0 Å². The van der Waals surface area contributed by atoms with E-state index in [4.69, 9.17) is 9.47 Å². The first-order valence-corrected chi connectivity index (χ1v) is 5.09. The maximum atomic E-state index is 10.1. The van der Waals surface area contributed by atoms with Gasteiger partial charge in [-0.3, -0.25) is 0 Å². The second-order valence-corrected chi connectivity index (χ2v) is 4.96. The van der Waals surface area contributed by atoms with Gasteiger partial charge in [-0.1, -0.05) is 19.1 Å². The Morgan fingerprint density at radius 3 is 2.43 bits per heavy atom. The zero-order valence-corrected chi connectivity index (χ0v) is 9.15. The summed E-state index contributed by atoms with van der Waals surface area (Å²) in [6, 6.07) is 0. The van der Waals surface area contributed by atoms with Crippen molar-refractivity contribution in [3.05, 3.63) is 12.2 Å². The van der Waals surface area contributed by atoms with E-state index in [0.717, 1.165) is 0 Å². The highest BCUT2D eigenvalue weighted by molar-refractivity contribution is 5.15. The molecule has 3 heteroatoms. The van der Waals surface area contributed by atoms with Crippen molar-refractivity contribution in [3.63, 3.8) is 0 Å². The van der Waals surface area contributed by atoms with Crippen molar-refractivity contribution in [1.29, 1.82) is 0 Å². The molecule has 1 N–H and O–H groups in total. The molecule has 2 aliphatic rings. The summed E-state index contributed by atoms with van der Waals surface area (Å²) in [7, 11) is 0. The predicted molar refractivity (Wildman–Crippen MR) is 52.8 cm³/mol. The van der Waals surface area contributed by atoms with Gasteiger partial charge in [0.1, 0.15) is 11.7 Å². The van der Waals surface area contributed by atoms with Gasteiger partial charge in [0.25, 0.3) is 0 Å². The summed E-state index contributed by atoms with van der Waals surface area (Å²) in [5.74, 6) is -0.290. The molecule has 0 bridgehead atoms. The molecule has 1 heterocycles. The maximum absolute atomic E-state index is 10.1. The monoisotopic (exact) mass is 198 g/mol. The molecule has 1 aliphatic heterocycles. The van der Waals surface area contributed by atoms with E-state index in [1.807, 2.05) is 26.0 Å². The molecule has 0 radical (unpaired) electrons. The molecular weight excluding hydrogens is 180 g/mol. The predicted octanol–water partition coefficient (Wildman–Crippen LogP) is 1.46. The van der Waals surface area contributed by atoms with Gasteiger partial charge in [-0.15, -0.1) is 0 Å². The molecule has 14 heavy (non-hydrogen) atoms. The molecule has 0 aromatic rings. The highest BCUT2D eigenvalue weighted by Gasteiger charge is 2.52. The van der Waals surface area contributed by atoms with Crippen LogP contribution in [0, 0.1) is 5.92 Å². The van der Waals surface area contributed by atoms with Gasteiger partial charge in [-0.25, -0.2) is 0 Å². The molecule has 4 unspecified atom stereocenters. The van der Waals surface area contributed by atoms with Crippen LogP contribution in [0.3, 0.4) is 0 Å². The quantitative estimate of drug-likeness (QED) is 0.599. The van der Waals surface area contributed by atoms with Crippen LogP contribution in [0.25, 0.3) is 0 Å². The van der Waals surface area contributed by atoms with Crippen LogP contribution in [0.2, 0.25) is 0 Å². The summed E-state index contributed by atoms with van der Waals surface area (Å²) in [6.45, 7) is 7.61. The number of fused-ring (bicyclic) bond motifs is 1. The van der Waals surface area contributed by atoms with Crippen molar-refractivity contribution < 1.29 is 14.6 Å². The lowest BCUT2D eigenvalue weighted by molar-refractivity contribution is -0.161. The van der Waals surface area contributed by atoms with E-state index in [1.165, 1.54) is 0 Å². The number of aliphatic hydroxyl groups is 1. The number of hydrogen-bond donors (Lipinski definition) is 1. The van der Waals surface area contributed by atoms with Gasteiger partial charge in [0.2, 0.25) is 0 Å². The summed E-state index contributed by atoms with van der Waals surface area (Å²) in [6.07, 6.45) is 3.51. The molecule has 1 fully saturated rings. The molecule has 1 aliphatic carbocycles. The van der Waals surface area contributed by atoms with E-state index in [-0.39, 0.29) is 12.2 Å². The molecule has 1 saturated heterocycles. The van der Waals surface area contributed by atoms with Crippen LogP contribution < -0.4 is 0 Å². The second kappa shape index (κ2) is 2.81. The fraction of sp³-hybridized carbons (Fsp3) is 0.818. The van der Waals surface area contributed by atoms with E-state index in [1.54, 1.807) is 6.92 Å². The largest absolute Gasteiger partial charge is 0.383 e. The minimum Gasteiger partial charge on any atom is -0.383 e. The Labute approximate surface area is 84.7 Å². The van der Waals surface area contributed by atoms with Crippen molar-refractivity contribution in [3.8, 4) is 0 Å². The summed E-state index contributed by atoms with van der Waals surface area (Å²) < 4.78 is 11.5. The van der Waals surface area contributed by atoms with Gasteiger partial charge in [0.15, 0.2) is 5.79 Å². The van der Waals surface area contributed by atoms with E-state index in [9.17, 15) is 5.11 Å².